The molecule has 10 heteroatoms. The number of nitrogens with zero attached hydrogens (tertiary/aromatic N) is 4. The van der Waals surface area contributed by atoms with Crippen molar-refractivity contribution < 1.29 is 29.0 Å². The molecule has 5 saturated carbocycles. The second-order valence-corrected chi connectivity index (χ2v) is 22.3. The maximum Gasteiger partial charge on any atom is 0.309 e. The Morgan fingerprint density at radius 2 is 1.60 bits per heavy atom. The van der Waals surface area contributed by atoms with Gasteiger partial charge in [0.1, 0.15) is 12.4 Å². The van der Waals surface area contributed by atoms with Crippen LogP contribution in [0.5, 0.6) is 0 Å². The molecule has 0 aromatic carbocycles. The summed E-state index contributed by atoms with van der Waals surface area (Å²) in [7, 11) is 4.06. The van der Waals surface area contributed by atoms with Crippen LogP contribution in [0.3, 0.4) is 0 Å². The second kappa shape index (κ2) is 14.8. The van der Waals surface area contributed by atoms with Crippen molar-refractivity contribution in [1.82, 2.24) is 19.8 Å². The number of rotatable bonds is 11. The number of likely N-dealkylation sites (N-methyl/N-ethyl adjacent to an activating group) is 1. The molecule has 6 aliphatic carbocycles. The van der Waals surface area contributed by atoms with E-state index in [1.807, 2.05) is 38.9 Å². The molecule has 10 atom stereocenters. The minimum Gasteiger partial charge on any atom is -0.481 e. The fourth-order valence-electron chi connectivity index (χ4n) is 14.7. The molecule has 0 spiro atoms. The van der Waals surface area contributed by atoms with E-state index in [1.165, 1.54) is 11.9 Å². The molecule has 58 heavy (non-hydrogen) atoms. The Bertz CT molecular complexity index is 1840. The highest BCUT2D eigenvalue weighted by Crippen LogP contribution is 2.77. The van der Waals surface area contributed by atoms with Crippen molar-refractivity contribution in [1.29, 1.82) is 0 Å². The average Bonchev–Trinajstić information content (AvgIpc) is 3.42. The van der Waals surface area contributed by atoms with E-state index in [1.54, 1.807) is 6.20 Å². The fraction of sp³-hybridized carbons (Fsp3) is 0.792. The number of allylic oxidation sites excluding steroid dienone is 2. The number of Topliss-reactive ketones (excluding diaryl/α,β-unsaturated/α-hetero) is 1. The van der Waals surface area contributed by atoms with Crippen molar-refractivity contribution in [3.05, 3.63) is 35.4 Å². The molecule has 6 aliphatic rings. The van der Waals surface area contributed by atoms with Crippen LogP contribution in [-0.4, -0.2) is 81.8 Å². The molecule has 320 valence electrons. The van der Waals surface area contributed by atoms with Crippen LogP contribution < -0.4 is 0 Å². The Hall–Kier alpha value is -3.14. The van der Waals surface area contributed by atoms with E-state index < -0.39 is 22.7 Å². The molecule has 0 unspecified atom stereocenters. The van der Waals surface area contributed by atoms with Gasteiger partial charge >= 0.3 is 11.9 Å². The minimum absolute atomic E-state index is 0.0218. The summed E-state index contributed by atoms with van der Waals surface area (Å²) in [5, 5.41) is 9.69. The van der Waals surface area contributed by atoms with Gasteiger partial charge in [0.05, 0.1) is 24.1 Å². The lowest BCUT2D eigenvalue weighted by atomic mass is 9.33. The largest absolute Gasteiger partial charge is 0.481 e. The van der Waals surface area contributed by atoms with Crippen molar-refractivity contribution in [3.8, 4) is 0 Å². The first-order valence-corrected chi connectivity index (χ1v) is 22.4. The normalized spacial score (nSPS) is 38.6. The van der Waals surface area contributed by atoms with Gasteiger partial charge in [0.2, 0.25) is 5.91 Å². The third-order valence-corrected chi connectivity index (χ3v) is 18.3. The summed E-state index contributed by atoms with van der Waals surface area (Å²) in [6, 6.07) is 1.88. The van der Waals surface area contributed by atoms with Gasteiger partial charge in [-0.15, -0.1) is 0 Å². The van der Waals surface area contributed by atoms with Gasteiger partial charge in [-0.1, -0.05) is 67.9 Å². The summed E-state index contributed by atoms with van der Waals surface area (Å²) in [6.45, 7) is 22.2. The highest BCUT2D eigenvalue weighted by Gasteiger charge is 2.70. The molecule has 1 amide bonds. The van der Waals surface area contributed by atoms with Crippen molar-refractivity contribution in [3.63, 3.8) is 0 Å². The number of carbonyl (C=O) groups excluding carboxylic acids is 3. The predicted octanol–water partition coefficient (Wildman–Crippen LogP) is 8.40. The van der Waals surface area contributed by atoms with Gasteiger partial charge in [0.15, 0.2) is 5.78 Å². The number of esters is 1. The topological polar surface area (TPSA) is 130 Å². The third kappa shape index (κ3) is 6.59. The van der Waals surface area contributed by atoms with Crippen molar-refractivity contribution in [2.75, 3.05) is 27.2 Å². The van der Waals surface area contributed by atoms with E-state index in [0.29, 0.717) is 44.2 Å². The number of fused-ring (bicyclic) bond motifs is 7. The first-order valence-electron chi connectivity index (χ1n) is 22.4. The van der Waals surface area contributed by atoms with Crippen LogP contribution in [0.15, 0.2) is 29.7 Å². The van der Waals surface area contributed by atoms with E-state index >= 15 is 0 Å². The lowest BCUT2D eigenvalue weighted by Gasteiger charge is -2.72. The first-order chi connectivity index (χ1) is 27.0. The number of carboxylic acid groups (broad SMARTS) is 1. The van der Waals surface area contributed by atoms with Gasteiger partial charge in [0, 0.05) is 43.0 Å². The van der Waals surface area contributed by atoms with Crippen molar-refractivity contribution >= 4 is 23.6 Å². The van der Waals surface area contributed by atoms with Gasteiger partial charge in [-0.05, 0) is 129 Å². The summed E-state index contributed by atoms with van der Waals surface area (Å²) >= 11 is 0. The standard InChI is InChI=1S/C48H72N4O6/c1-29(2)39-34(53)25-48(26-38(54)52(23-22-51(10)11)27-30-16-21-49-28-50-30)20-19-46(8)31(40(39)48)12-13-36-45(7)17-15-37(44(5,6)35(45)14-18-47(36,46)9)58-42(57)33-24-32(41(55)56)43(33,3)4/h16,21,28-29,31-33,35-37H,12-15,17-20,22-27H2,1-11H3,(H,55,56)/t31-,32+,33-,35+,36-,37+,45+,46-,47-,48+/m1/s1. The van der Waals surface area contributed by atoms with Crippen LogP contribution >= 0.6 is 0 Å². The van der Waals surface area contributed by atoms with Gasteiger partial charge in [-0.25, -0.2) is 9.97 Å². The molecule has 0 radical (unpaired) electrons. The number of carboxylic acids is 1. The summed E-state index contributed by atoms with van der Waals surface area (Å²) in [6.07, 6.45) is 12.2. The Kier molecular flexibility index (Phi) is 11.0. The van der Waals surface area contributed by atoms with Gasteiger partial charge in [-0.3, -0.25) is 19.2 Å². The zero-order chi connectivity index (χ0) is 42.4. The number of ether oxygens (including phenoxy) is 1. The molecule has 0 aliphatic heterocycles. The molecular weight excluding hydrogens is 729 g/mol. The first kappa shape index (κ1) is 43.0. The number of hydrogen-bond donors (Lipinski definition) is 1. The van der Waals surface area contributed by atoms with E-state index in [4.69, 9.17) is 4.74 Å². The minimum atomic E-state index is -0.832. The predicted molar refractivity (Wildman–Crippen MR) is 223 cm³/mol. The molecule has 0 bridgehead atoms. The molecule has 5 fully saturated rings. The Balaban J connectivity index is 1.15. The Labute approximate surface area is 347 Å². The molecule has 1 aromatic heterocycles. The molecule has 10 nitrogen and oxygen atoms in total. The fourth-order valence-corrected chi connectivity index (χ4v) is 14.7. The lowest BCUT2D eigenvalue weighted by molar-refractivity contribution is -0.236. The quantitative estimate of drug-likeness (QED) is 0.219. The number of ketones is 1. The van der Waals surface area contributed by atoms with E-state index in [-0.39, 0.29) is 63.2 Å². The molecular formula is C48H72N4O6. The van der Waals surface area contributed by atoms with Crippen LogP contribution in [0, 0.1) is 68.0 Å². The summed E-state index contributed by atoms with van der Waals surface area (Å²) in [4.78, 5) is 67.0. The van der Waals surface area contributed by atoms with Crippen molar-refractivity contribution in [2.45, 2.75) is 146 Å². The van der Waals surface area contributed by atoms with Crippen LogP contribution in [0.1, 0.15) is 139 Å². The number of aliphatic carboxylic acids is 1. The molecule has 1 N–H and O–H groups in total. The third-order valence-electron chi connectivity index (χ3n) is 18.3. The van der Waals surface area contributed by atoms with Gasteiger partial charge in [-0.2, -0.15) is 0 Å². The Morgan fingerprint density at radius 1 is 0.879 bits per heavy atom. The number of hydrogen-bond acceptors (Lipinski definition) is 8. The summed E-state index contributed by atoms with van der Waals surface area (Å²) < 4.78 is 6.44. The van der Waals surface area contributed by atoms with Crippen LogP contribution in [-0.2, 0) is 30.5 Å². The zero-order valence-electron chi connectivity index (χ0n) is 37.5. The van der Waals surface area contributed by atoms with Gasteiger partial charge in [0.25, 0.3) is 0 Å². The summed E-state index contributed by atoms with van der Waals surface area (Å²) in [5.74, 6) is -0.378. The highest BCUT2D eigenvalue weighted by atomic mass is 16.5. The van der Waals surface area contributed by atoms with Crippen LogP contribution in [0.25, 0.3) is 0 Å². The molecule has 7 rings (SSSR count). The number of carbonyl (C=O) groups is 4. The molecule has 0 saturated heterocycles. The van der Waals surface area contributed by atoms with Crippen LogP contribution in [0.4, 0.5) is 0 Å². The van der Waals surface area contributed by atoms with Crippen molar-refractivity contribution in [2.24, 2.45) is 68.0 Å². The van der Waals surface area contributed by atoms with E-state index in [9.17, 15) is 24.3 Å². The zero-order valence-corrected chi connectivity index (χ0v) is 37.5. The SMILES string of the molecule is CC(C)C1=C2[C@H]3CC[C@@H]4[C@@]5(C)CC[C@H](OC(=O)[C@H]6C[C@@H](C(=O)O)C6(C)C)C(C)(C)[C@@H]5CC[C@@]4(C)[C@]3(C)CC[C@@]2(CC(=O)N(CCN(C)C)Cc2ccncn2)CC1=O. The van der Waals surface area contributed by atoms with E-state index in [2.05, 4.69) is 63.3 Å². The highest BCUT2D eigenvalue weighted by molar-refractivity contribution is 6.01. The average molecular weight is 801 g/mol. The van der Waals surface area contributed by atoms with Crippen LogP contribution in [0.2, 0.25) is 0 Å². The monoisotopic (exact) mass is 801 g/mol. The number of amides is 1. The maximum absolute atomic E-state index is 14.6. The smallest absolute Gasteiger partial charge is 0.309 e. The summed E-state index contributed by atoms with van der Waals surface area (Å²) in [5.41, 5.74) is 1.96. The Morgan fingerprint density at radius 3 is 2.22 bits per heavy atom. The molecule has 1 heterocycles. The second-order valence-electron chi connectivity index (χ2n) is 22.3. The van der Waals surface area contributed by atoms with E-state index in [0.717, 1.165) is 69.2 Å². The molecule has 1 aromatic rings. The lowest BCUT2D eigenvalue weighted by Crippen LogP contribution is -2.66. The maximum atomic E-state index is 14.6. The van der Waals surface area contributed by atoms with Gasteiger partial charge < -0.3 is 19.6 Å². The number of aromatic nitrogens is 2.